The molecule has 1 unspecified atom stereocenters. The van der Waals surface area contributed by atoms with E-state index >= 15 is 0 Å². The summed E-state index contributed by atoms with van der Waals surface area (Å²) >= 11 is 1.75. The molecule has 2 fully saturated rings. The Labute approximate surface area is 191 Å². The highest BCUT2D eigenvalue weighted by Gasteiger charge is 2.46. The van der Waals surface area contributed by atoms with E-state index in [1.165, 1.54) is 54.5 Å². The maximum atomic E-state index is 13.6. The summed E-state index contributed by atoms with van der Waals surface area (Å²) in [6.07, 6.45) is 11.5. The lowest BCUT2D eigenvalue weighted by Gasteiger charge is -2.41. The summed E-state index contributed by atoms with van der Waals surface area (Å²) in [6.45, 7) is 3.66. The smallest absolute Gasteiger partial charge is 0.223 e. The first-order valence-electron chi connectivity index (χ1n) is 12.0. The number of hydrogen-bond donors (Lipinski definition) is 2. The van der Waals surface area contributed by atoms with Gasteiger partial charge in [0.2, 0.25) is 5.91 Å². The van der Waals surface area contributed by atoms with Gasteiger partial charge in [-0.05, 0) is 43.2 Å². The average molecular weight is 440 g/mol. The highest BCUT2D eigenvalue weighted by Crippen LogP contribution is 2.34. The molecule has 1 aromatic carbocycles. The van der Waals surface area contributed by atoms with Crippen molar-refractivity contribution in [2.45, 2.75) is 89.3 Å². The molecule has 31 heavy (non-hydrogen) atoms. The zero-order valence-electron chi connectivity index (χ0n) is 18.9. The van der Waals surface area contributed by atoms with Gasteiger partial charge in [-0.3, -0.25) is 10.2 Å². The summed E-state index contributed by atoms with van der Waals surface area (Å²) < 4.78 is 0. The molecule has 0 bridgehead atoms. The Bertz CT molecular complexity index is 808. The maximum Gasteiger partial charge on any atom is 0.223 e. The monoisotopic (exact) mass is 439 g/mol. The van der Waals surface area contributed by atoms with Gasteiger partial charge in [0.15, 0.2) is 0 Å². The first-order valence-corrected chi connectivity index (χ1v) is 12.9. The van der Waals surface area contributed by atoms with Crippen LogP contribution in [-0.2, 0) is 17.8 Å². The predicted octanol–water partition coefficient (Wildman–Crippen LogP) is 5.37. The molecule has 2 N–H and O–H groups in total. The molecule has 1 aliphatic carbocycles. The molecule has 4 rings (SSSR count). The minimum Gasteiger partial charge on any atom is -0.331 e. The Balaban J connectivity index is 1.52. The van der Waals surface area contributed by atoms with Crippen molar-refractivity contribution in [3.8, 4) is 0 Å². The zero-order valence-corrected chi connectivity index (χ0v) is 19.7. The summed E-state index contributed by atoms with van der Waals surface area (Å²) in [4.78, 5) is 17.1. The van der Waals surface area contributed by atoms with Crippen LogP contribution in [0.3, 0.4) is 0 Å². The molecular formula is C26H37N3OS. The van der Waals surface area contributed by atoms with Crippen LogP contribution in [0.5, 0.6) is 0 Å². The van der Waals surface area contributed by atoms with Crippen molar-refractivity contribution in [2.24, 2.45) is 0 Å². The van der Waals surface area contributed by atoms with E-state index in [1.54, 1.807) is 11.3 Å². The van der Waals surface area contributed by atoms with Crippen LogP contribution >= 0.6 is 11.3 Å². The fraction of sp³-hybridized carbons (Fsp3) is 0.577. The van der Waals surface area contributed by atoms with E-state index in [4.69, 9.17) is 0 Å². The van der Waals surface area contributed by atoms with E-state index in [0.29, 0.717) is 6.42 Å². The van der Waals surface area contributed by atoms with E-state index in [0.717, 1.165) is 32.4 Å². The van der Waals surface area contributed by atoms with Crippen molar-refractivity contribution in [3.63, 3.8) is 0 Å². The molecule has 1 aromatic heterocycles. The van der Waals surface area contributed by atoms with Crippen molar-refractivity contribution in [3.05, 3.63) is 57.8 Å². The normalized spacial score (nSPS) is 21.4. The number of aryl methyl sites for hydroxylation is 2. The molecule has 1 aliphatic heterocycles. The predicted molar refractivity (Wildman–Crippen MR) is 129 cm³/mol. The van der Waals surface area contributed by atoms with E-state index in [-0.39, 0.29) is 17.5 Å². The summed E-state index contributed by atoms with van der Waals surface area (Å²) in [5, 5.41) is 2.12. The van der Waals surface area contributed by atoms with Crippen LogP contribution in [0.25, 0.3) is 0 Å². The molecule has 1 amide bonds. The van der Waals surface area contributed by atoms with Gasteiger partial charge in [-0.2, -0.15) is 0 Å². The molecule has 1 saturated heterocycles. The molecule has 1 atom stereocenters. The minimum absolute atomic E-state index is 0.00111. The number of hydrogen-bond acceptors (Lipinski definition) is 4. The molecule has 5 heteroatoms. The molecule has 2 aliphatic rings. The number of thiophene rings is 1. The van der Waals surface area contributed by atoms with Gasteiger partial charge in [-0.15, -0.1) is 11.3 Å². The second-order valence-electron chi connectivity index (χ2n) is 9.39. The van der Waals surface area contributed by atoms with Crippen LogP contribution in [0.1, 0.15) is 73.8 Å². The van der Waals surface area contributed by atoms with E-state index < -0.39 is 0 Å². The number of carbonyl (C=O) groups is 1. The number of rotatable bonds is 6. The highest BCUT2D eigenvalue weighted by molar-refractivity contribution is 7.09. The SMILES string of the molecule is Cc1ccc(CCC(=O)N(Cc2cccs2)C2CNNC23CCCCCCCC3)cc1. The molecule has 2 aromatic rings. The lowest BCUT2D eigenvalue weighted by atomic mass is 9.81. The van der Waals surface area contributed by atoms with Crippen molar-refractivity contribution < 1.29 is 4.79 Å². The van der Waals surface area contributed by atoms with Crippen LogP contribution in [-0.4, -0.2) is 28.9 Å². The number of nitrogens with zero attached hydrogens (tertiary/aromatic N) is 1. The number of benzene rings is 1. The Hall–Kier alpha value is -1.69. The summed E-state index contributed by atoms with van der Waals surface area (Å²) in [5.74, 6) is 0.281. The Kier molecular flexibility index (Phi) is 7.81. The van der Waals surface area contributed by atoms with Gasteiger partial charge >= 0.3 is 0 Å². The number of carbonyl (C=O) groups excluding carboxylic acids is 1. The first-order chi connectivity index (χ1) is 15.2. The minimum atomic E-state index is 0.00111. The van der Waals surface area contributed by atoms with Crippen LogP contribution in [0.2, 0.25) is 0 Å². The third kappa shape index (κ3) is 5.76. The third-order valence-electron chi connectivity index (χ3n) is 7.12. The fourth-order valence-corrected chi connectivity index (χ4v) is 5.98. The number of nitrogens with one attached hydrogen (secondary N) is 2. The van der Waals surface area contributed by atoms with Gasteiger partial charge in [0.1, 0.15) is 0 Å². The van der Waals surface area contributed by atoms with Crippen molar-refractivity contribution in [1.29, 1.82) is 0 Å². The van der Waals surface area contributed by atoms with Crippen LogP contribution in [0, 0.1) is 6.92 Å². The molecule has 0 radical (unpaired) electrons. The van der Waals surface area contributed by atoms with E-state index in [1.807, 2.05) is 0 Å². The van der Waals surface area contributed by atoms with Crippen LogP contribution in [0.4, 0.5) is 0 Å². The van der Waals surface area contributed by atoms with Gasteiger partial charge in [-0.25, -0.2) is 5.43 Å². The molecular weight excluding hydrogens is 402 g/mol. The molecule has 168 valence electrons. The summed E-state index contributed by atoms with van der Waals surface area (Å²) in [7, 11) is 0. The molecule has 4 nitrogen and oxygen atoms in total. The van der Waals surface area contributed by atoms with Crippen molar-refractivity contribution in [1.82, 2.24) is 15.8 Å². The van der Waals surface area contributed by atoms with Crippen molar-refractivity contribution >= 4 is 17.2 Å². The summed E-state index contributed by atoms with van der Waals surface area (Å²) in [6, 6.07) is 13.1. The largest absolute Gasteiger partial charge is 0.331 e. The van der Waals surface area contributed by atoms with Gasteiger partial charge < -0.3 is 4.90 Å². The molecule has 1 spiro atoms. The standard InChI is InChI=1S/C26H37N3OS/c1-21-10-12-22(13-11-21)14-15-25(30)29(20-23-9-8-18-31-23)24-19-27-28-26(24)16-6-4-2-3-5-7-17-26/h8-13,18,24,27-28H,2-7,14-17,19-20H2,1H3. The van der Waals surface area contributed by atoms with Gasteiger partial charge in [-0.1, -0.05) is 74.4 Å². The molecule has 1 saturated carbocycles. The van der Waals surface area contributed by atoms with Crippen LogP contribution in [0.15, 0.2) is 41.8 Å². The Morgan fingerprint density at radius 1 is 1.06 bits per heavy atom. The lowest BCUT2D eigenvalue weighted by Crippen LogP contribution is -2.57. The second-order valence-corrected chi connectivity index (χ2v) is 10.4. The number of amides is 1. The van der Waals surface area contributed by atoms with Gasteiger partial charge in [0, 0.05) is 17.8 Å². The maximum absolute atomic E-state index is 13.6. The van der Waals surface area contributed by atoms with Crippen molar-refractivity contribution in [2.75, 3.05) is 6.54 Å². The quantitative estimate of drug-likeness (QED) is 0.636. The fourth-order valence-electron chi connectivity index (χ4n) is 5.27. The Morgan fingerprint density at radius 2 is 1.77 bits per heavy atom. The first kappa shape index (κ1) is 22.5. The third-order valence-corrected chi connectivity index (χ3v) is 7.98. The molecule has 2 heterocycles. The lowest BCUT2D eigenvalue weighted by molar-refractivity contribution is -0.135. The highest BCUT2D eigenvalue weighted by atomic mass is 32.1. The zero-order chi connectivity index (χ0) is 21.5. The van der Waals surface area contributed by atoms with E-state index in [2.05, 4.69) is 64.5 Å². The second kappa shape index (κ2) is 10.8. The average Bonchev–Trinajstić information content (AvgIpc) is 3.45. The topological polar surface area (TPSA) is 44.4 Å². The van der Waals surface area contributed by atoms with Gasteiger partial charge in [0.25, 0.3) is 0 Å². The van der Waals surface area contributed by atoms with Gasteiger partial charge in [0.05, 0.1) is 18.1 Å². The van der Waals surface area contributed by atoms with E-state index in [9.17, 15) is 4.79 Å². The summed E-state index contributed by atoms with van der Waals surface area (Å²) in [5.41, 5.74) is 9.64. The van der Waals surface area contributed by atoms with Crippen LogP contribution < -0.4 is 10.9 Å². The Morgan fingerprint density at radius 3 is 2.45 bits per heavy atom. The number of hydrazine groups is 1.